The van der Waals surface area contributed by atoms with Crippen LogP contribution in [0.5, 0.6) is 0 Å². The zero-order valence-electron chi connectivity index (χ0n) is 15.3. The minimum absolute atomic E-state index is 0.0326. The van der Waals surface area contributed by atoms with Crippen LogP contribution in [0.4, 0.5) is 4.79 Å². The lowest BCUT2D eigenvalue weighted by molar-refractivity contribution is -0.145. The highest BCUT2D eigenvalue weighted by Gasteiger charge is 2.43. The lowest BCUT2D eigenvalue weighted by Gasteiger charge is -2.35. The SMILES string of the molecule is CN(C)C(=O)CN1C(=O)[C@@H]2CC[C@H]1CN(C(=O)OCc1ccccc1)C2. The Kier molecular flexibility index (Phi) is 5.44. The molecule has 0 aromatic heterocycles. The zero-order valence-corrected chi connectivity index (χ0v) is 15.3. The van der Waals surface area contributed by atoms with Gasteiger partial charge in [-0.15, -0.1) is 0 Å². The van der Waals surface area contributed by atoms with E-state index in [0.29, 0.717) is 13.1 Å². The van der Waals surface area contributed by atoms with Gasteiger partial charge in [-0.3, -0.25) is 9.59 Å². The summed E-state index contributed by atoms with van der Waals surface area (Å²) in [4.78, 5) is 42.0. The van der Waals surface area contributed by atoms with Crippen molar-refractivity contribution in [3.63, 3.8) is 0 Å². The number of nitrogens with zero attached hydrogens (tertiary/aromatic N) is 3. The van der Waals surface area contributed by atoms with Crippen LogP contribution in [0, 0.1) is 5.92 Å². The number of carbonyl (C=O) groups is 3. The number of benzene rings is 1. The number of likely N-dealkylation sites (N-methyl/N-ethyl adjacent to an activating group) is 1. The van der Waals surface area contributed by atoms with Gasteiger partial charge in [0.05, 0.1) is 12.0 Å². The van der Waals surface area contributed by atoms with Gasteiger partial charge in [0.1, 0.15) is 13.2 Å². The van der Waals surface area contributed by atoms with Crippen LogP contribution in [0.25, 0.3) is 0 Å². The first kappa shape index (κ1) is 18.2. The topological polar surface area (TPSA) is 70.2 Å². The van der Waals surface area contributed by atoms with Crippen LogP contribution in [-0.2, 0) is 20.9 Å². The molecule has 0 saturated carbocycles. The summed E-state index contributed by atoms with van der Waals surface area (Å²) in [5.41, 5.74) is 0.924. The van der Waals surface area contributed by atoms with E-state index in [4.69, 9.17) is 4.74 Å². The number of amides is 3. The van der Waals surface area contributed by atoms with Crippen LogP contribution >= 0.6 is 0 Å². The number of piperidine rings is 1. The van der Waals surface area contributed by atoms with Crippen molar-refractivity contribution < 1.29 is 19.1 Å². The number of hydrogen-bond donors (Lipinski definition) is 0. The second kappa shape index (κ2) is 7.76. The van der Waals surface area contributed by atoms with Crippen molar-refractivity contribution in [3.05, 3.63) is 35.9 Å². The van der Waals surface area contributed by atoms with Gasteiger partial charge in [-0.25, -0.2) is 4.79 Å². The van der Waals surface area contributed by atoms with Gasteiger partial charge in [0.2, 0.25) is 11.8 Å². The summed E-state index contributed by atoms with van der Waals surface area (Å²) < 4.78 is 5.42. The average molecular weight is 359 g/mol. The second-order valence-electron chi connectivity index (χ2n) is 7.13. The normalized spacial score (nSPS) is 22.2. The first-order chi connectivity index (χ1) is 12.5. The average Bonchev–Trinajstić information content (AvgIpc) is 2.93. The lowest BCUT2D eigenvalue weighted by atomic mass is 9.94. The highest BCUT2D eigenvalue weighted by atomic mass is 16.6. The Balaban J connectivity index is 1.64. The fraction of sp³-hybridized carbons (Fsp3) is 0.526. The van der Waals surface area contributed by atoms with Crippen LogP contribution in [0.15, 0.2) is 30.3 Å². The molecule has 0 spiro atoms. The molecule has 2 atom stereocenters. The van der Waals surface area contributed by atoms with Gasteiger partial charge < -0.3 is 19.4 Å². The van der Waals surface area contributed by atoms with Crippen molar-refractivity contribution in [1.29, 1.82) is 0 Å². The van der Waals surface area contributed by atoms with Crippen LogP contribution in [0.1, 0.15) is 18.4 Å². The van der Waals surface area contributed by atoms with Gasteiger partial charge in [-0.1, -0.05) is 30.3 Å². The molecule has 0 N–H and O–H groups in total. The molecule has 3 aliphatic rings. The van der Waals surface area contributed by atoms with E-state index in [1.165, 1.54) is 4.90 Å². The van der Waals surface area contributed by atoms with Crippen molar-refractivity contribution >= 4 is 17.9 Å². The minimum atomic E-state index is -0.403. The fourth-order valence-corrected chi connectivity index (χ4v) is 3.50. The lowest BCUT2D eigenvalue weighted by Crippen LogP contribution is -2.51. The standard InChI is InChI=1S/C19H25N3O4/c1-20(2)17(23)12-22-16-9-8-15(18(22)24)10-21(11-16)19(25)26-13-14-6-4-3-5-7-14/h3-7,15-16H,8-13H2,1-2H3/t15-,16+/m1/s1. The molecule has 26 heavy (non-hydrogen) atoms. The van der Waals surface area contributed by atoms with Gasteiger partial charge in [0.25, 0.3) is 0 Å². The number of rotatable bonds is 4. The number of carbonyl (C=O) groups excluding carboxylic acids is 3. The third-order valence-corrected chi connectivity index (χ3v) is 5.06. The zero-order chi connectivity index (χ0) is 18.7. The smallest absolute Gasteiger partial charge is 0.410 e. The monoisotopic (exact) mass is 359 g/mol. The Bertz CT molecular complexity index is 677. The fourth-order valence-electron chi connectivity index (χ4n) is 3.50. The van der Waals surface area contributed by atoms with E-state index >= 15 is 0 Å². The molecule has 7 nitrogen and oxygen atoms in total. The first-order valence-corrected chi connectivity index (χ1v) is 8.92. The van der Waals surface area contributed by atoms with Gasteiger partial charge in [0, 0.05) is 27.2 Å². The van der Waals surface area contributed by atoms with Gasteiger partial charge in [0.15, 0.2) is 0 Å². The van der Waals surface area contributed by atoms with Crippen LogP contribution in [0.2, 0.25) is 0 Å². The molecular formula is C19H25N3O4. The number of fused-ring (bicyclic) bond motifs is 4. The van der Waals surface area contributed by atoms with E-state index in [0.717, 1.165) is 18.4 Å². The highest BCUT2D eigenvalue weighted by Crippen LogP contribution is 2.29. The summed E-state index contributed by atoms with van der Waals surface area (Å²) in [7, 11) is 3.35. The molecule has 140 valence electrons. The molecule has 3 amide bonds. The van der Waals surface area contributed by atoms with Gasteiger partial charge in [-0.2, -0.15) is 0 Å². The van der Waals surface area contributed by atoms with E-state index in [1.54, 1.807) is 23.9 Å². The predicted octanol–water partition coefficient (Wildman–Crippen LogP) is 1.33. The number of ether oxygens (including phenoxy) is 1. The highest BCUT2D eigenvalue weighted by molar-refractivity contribution is 5.87. The molecule has 2 bridgehead atoms. The molecule has 1 aromatic rings. The second-order valence-corrected chi connectivity index (χ2v) is 7.13. The van der Waals surface area contributed by atoms with Crippen molar-refractivity contribution in [1.82, 2.24) is 14.7 Å². The third kappa shape index (κ3) is 3.98. The first-order valence-electron chi connectivity index (χ1n) is 8.92. The summed E-state index contributed by atoms with van der Waals surface area (Å²) in [6, 6.07) is 9.37. The molecule has 4 rings (SSSR count). The van der Waals surface area contributed by atoms with Crippen molar-refractivity contribution in [2.45, 2.75) is 25.5 Å². The molecule has 1 aromatic carbocycles. The Labute approximate surface area is 153 Å². The van der Waals surface area contributed by atoms with E-state index in [1.807, 2.05) is 30.3 Å². The molecule has 0 unspecified atom stereocenters. The summed E-state index contributed by atoms with van der Waals surface area (Å²) in [6.07, 6.45) is 1.15. The predicted molar refractivity (Wildman–Crippen MR) is 95.1 cm³/mol. The Morgan fingerprint density at radius 3 is 2.58 bits per heavy atom. The maximum Gasteiger partial charge on any atom is 0.410 e. The molecule has 3 saturated heterocycles. The number of hydrogen-bond acceptors (Lipinski definition) is 4. The summed E-state index contributed by atoms with van der Waals surface area (Å²) in [6.45, 7) is 1.05. The molecule has 7 heteroatoms. The molecule has 3 aliphatic heterocycles. The quantitative estimate of drug-likeness (QED) is 0.813. The van der Waals surface area contributed by atoms with E-state index in [-0.39, 0.29) is 36.9 Å². The molecule has 0 aliphatic carbocycles. The minimum Gasteiger partial charge on any atom is -0.445 e. The molecular weight excluding hydrogens is 334 g/mol. The Morgan fingerprint density at radius 2 is 1.88 bits per heavy atom. The van der Waals surface area contributed by atoms with Crippen molar-refractivity contribution in [3.8, 4) is 0 Å². The summed E-state index contributed by atoms with van der Waals surface area (Å²) >= 11 is 0. The van der Waals surface area contributed by atoms with Crippen LogP contribution in [0.3, 0.4) is 0 Å². The van der Waals surface area contributed by atoms with E-state index in [9.17, 15) is 14.4 Å². The molecule has 0 radical (unpaired) electrons. The Hall–Kier alpha value is -2.57. The van der Waals surface area contributed by atoms with E-state index < -0.39 is 6.09 Å². The Morgan fingerprint density at radius 1 is 1.15 bits per heavy atom. The maximum absolute atomic E-state index is 12.7. The maximum atomic E-state index is 12.7. The van der Waals surface area contributed by atoms with Crippen LogP contribution < -0.4 is 0 Å². The third-order valence-electron chi connectivity index (χ3n) is 5.06. The van der Waals surface area contributed by atoms with E-state index in [2.05, 4.69) is 0 Å². The van der Waals surface area contributed by atoms with Gasteiger partial charge >= 0.3 is 6.09 Å². The van der Waals surface area contributed by atoms with Crippen molar-refractivity contribution in [2.75, 3.05) is 33.7 Å². The molecule has 3 heterocycles. The van der Waals surface area contributed by atoms with Gasteiger partial charge in [-0.05, 0) is 18.4 Å². The van der Waals surface area contributed by atoms with Crippen molar-refractivity contribution in [2.24, 2.45) is 5.92 Å². The summed E-state index contributed by atoms with van der Waals surface area (Å²) in [5, 5.41) is 0. The molecule has 3 fully saturated rings. The summed E-state index contributed by atoms with van der Waals surface area (Å²) in [5.74, 6) is -0.396. The van der Waals surface area contributed by atoms with Crippen LogP contribution in [-0.4, -0.2) is 72.4 Å². The largest absolute Gasteiger partial charge is 0.445 e.